The van der Waals surface area contributed by atoms with Crippen LogP contribution in [0.3, 0.4) is 0 Å². The third-order valence-electron chi connectivity index (χ3n) is 3.45. The molecule has 0 fully saturated rings. The summed E-state index contributed by atoms with van der Waals surface area (Å²) in [6, 6.07) is 4.71. The lowest BCUT2D eigenvalue weighted by molar-refractivity contribution is 0.187. The van der Waals surface area contributed by atoms with E-state index in [0.717, 1.165) is 19.5 Å². The van der Waals surface area contributed by atoms with Crippen molar-refractivity contribution in [3.63, 3.8) is 0 Å². The van der Waals surface area contributed by atoms with E-state index in [1.54, 1.807) is 16.2 Å². The number of nitrogens with zero attached hydrogens (tertiary/aromatic N) is 1. The van der Waals surface area contributed by atoms with Crippen molar-refractivity contribution in [2.75, 3.05) is 13.1 Å². The first-order valence-electron chi connectivity index (χ1n) is 6.02. The standard InChI is InChI=1S/C13H15BrN2S2/c14-10-3-6-18-13(10)11(7-15)16-4-1-12-9(8-16)2-5-17-12/h2-3,5-6,11H,1,4,7-8,15H2. The summed E-state index contributed by atoms with van der Waals surface area (Å²) in [6.45, 7) is 2.82. The van der Waals surface area contributed by atoms with Crippen molar-refractivity contribution in [1.82, 2.24) is 4.90 Å². The van der Waals surface area contributed by atoms with E-state index in [0.29, 0.717) is 12.6 Å². The van der Waals surface area contributed by atoms with Crippen LogP contribution in [0.25, 0.3) is 0 Å². The number of rotatable bonds is 3. The Labute approximate surface area is 124 Å². The molecule has 2 aromatic rings. The molecule has 2 aromatic heterocycles. The molecule has 1 atom stereocenters. The summed E-state index contributed by atoms with van der Waals surface area (Å²) in [5.41, 5.74) is 7.49. The third kappa shape index (κ3) is 2.30. The minimum Gasteiger partial charge on any atom is -0.329 e. The van der Waals surface area contributed by atoms with Crippen LogP contribution in [0.2, 0.25) is 0 Å². The molecule has 96 valence electrons. The molecule has 0 aromatic carbocycles. The number of thiophene rings is 2. The van der Waals surface area contributed by atoms with Crippen LogP contribution >= 0.6 is 38.6 Å². The average Bonchev–Trinajstić information content (AvgIpc) is 2.99. The first-order valence-corrected chi connectivity index (χ1v) is 8.57. The molecule has 2 nitrogen and oxygen atoms in total. The molecular weight excluding hydrogens is 328 g/mol. The highest BCUT2D eigenvalue weighted by molar-refractivity contribution is 9.10. The summed E-state index contributed by atoms with van der Waals surface area (Å²) in [7, 11) is 0. The summed E-state index contributed by atoms with van der Waals surface area (Å²) in [5.74, 6) is 0. The molecule has 3 heterocycles. The first-order chi connectivity index (χ1) is 8.79. The normalized spacial score (nSPS) is 17.7. The van der Waals surface area contributed by atoms with Gasteiger partial charge in [-0.1, -0.05) is 0 Å². The van der Waals surface area contributed by atoms with Crippen LogP contribution in [-0.2, 0) is 13.0 Å². The number of hydrogen-bond donors (Lipinski definition) is 1. The van der Waals surface area contributed by atoms with E-state index < -0.39 is 0 Å². The molecule has 0 amide bonds. The van der Waals surface area contributed by atoms with Gasteiger partial charge in [-0.25, -0.2) is 0 Å². The maximum atomic E-state index is 6.01. The zero-order valence-electron chi connectivity index (χ0n) is 9.93. The average molecular weight is 343 g/mol. The minimum atomic E-state index is 0.340. The summed E-state index contributed by atoms with van der Waals surface area (Å²) in [6.07, 6.45) is 1.16. The Bertz CT molecular complexity index is 535. The predicted molar refractivity (Wildman–Crippen MR) is 82.2 cm³/mol. The number of halogens is 1. The highest BCUT2D eigenvalue weighted by Gasteiger charge is 2.26. The largest absolute Gasteiger partial charge is 0.329 e. The van der Waals surface area contributed by atoms with Crippen LogP contribution in [0.5, 0.6) is 0 Å². The Morgan fingerprint density at radius 1 is 1.33 bits per heavy atom. The van der Waals surface area contributed by atoms with Crippen LogP contribution in [0.1, 0.15) is 21.4 Å². The van der Waals surface area contributed by atoms with E-state index in [1.807, 2.05) is 11.3 Å². The van der Waals surface area contributed by atoms with Crippen LogP contribution in [-0.4, -0.2) is 18.0 Å². The molecule has 1 aliphatic rings. The molecule has 1 unspecified atom stereocenters. The van der Waals surface area contributed by atoms with Crippen molar-refractivity contribution >= 4 is 38.6 Å². The van der Waals surface area contributed by atoms with Gasteiger partial charge in [0.1, 0.15) is 0 Å². The molecule has 0 spiro atoms. The van der Waals surface area contributed by atoms with Gasteiger partial charge in [-0.05, 0) is 50.8 Å². The quantitative estimate of drug-likeness (QED) is 0.922. The lowest BCUT2D eigenvalue weighted by atomic mass is 10.1. The van der Waals surface area contributed by atoms with Crippen molar-refractivity contribution in [1.29, 1.82) is 0 Å². The molecule has 0 saturated heterocycles. The Morgan fingerprint density at radius 3 is 2.89 bits per heavy atom. The van der Waals surface area contributed by atoms with E-state index in [-0.39, 0.29) is 0 Å². The zero-order valence-corrected chi connectivity index (χ0v) is 13.2. The lowest BCUT2D eigenvalue weighted by Gasteiger charge is -2.33. The summed E-state index contributed by atoms with van der Waals surface area (Å²) in [4.78, 5) is 5.41. The van der Waals surface area contributed by atoms with Gasteiger partial charge in [-0.3, -0.25) is 4.90 Å². The Hall–Kier alpha value is -0.200. The second-order valence-electron chi connectivity index (χ2n) is 4.47. The molecule has 5 heteroatoms. The number of nitrogens with two attached hydrogens (primary N) is 1. The fourth-order valence-corrected chi connectivity index (χ4v) is 5.18. The van der Waals surface area contributed by atoms with Crippen LogP contribution in [0, 0.1) is 0 Å². The predicted octanol–water partition coefficient (Wildman–Crippen LogP) is 3.63. The van der Waals surface area contributed by atoms with E-state index in [1.165, 1.54) is 14.9 Å². The van der Waals surface area contributed by atoms with Crippen LogP contribution < -0.4 is 5.73 Å². The highest BCUT2D eigenvalue weighted by atomic mass is 79.9. The van der Waals surface area contributed by atoms with Crippen molar-refractivity contribution in [2.24, 2.45) is 5.73 Å². The first kappa shape index (κ1) is 12.8. The molecule has 18 heavy (non-hydrogen) atoms. The Morgan fingerprint density at radius 2 is 2.17 bits per heavy atom. The van der Waals surface area contributed by atoms with Gasteiger partial charge in [0.25, 0.3) is 0 Å². The molecule has 1 aliphatic heterocycles. The summed E-state index contributed by atoms with van der Waals surface area (Å²) >= 11 is 7.30. The van der Waals surface area contributed by atoms with E-state index in [2.05, 4.69) is 43.7 Å². The third-order valence-corrected chi connectivity index (χ3v) is 6.44. The summed E-state index contributed by atoms with van der Waals surface area (Å²) in [5, 5.41) is 4.33. The van der Waals surface area contributed by atoms with Gasteiger partial charge in [0.15, 0.2) is 0 Å². The summed E-state index contributed by atoms with van der Waals surface area (Å²) < 4.78 is 1.19. The smallest absolute Gasteiger partial charge is 0.0578 e. The molecular formula is C13H15BrN2S2. The van der Waals surface area contributed by atoms with Gasteiger partial charge in [0.05, 0.1) is 6.04 Å². The highest BCUT2D eigenvalue weighted by Crippen LogP contribution is 2.35. The fraction of sp³-hybridized carbons (Fsp3) is 0.385. The van der Waals surface area contributed by atoms with E-state index in [4.69, 9.17) is 5.73 Å². The molecule has 2 N–H and O–H groups in total. The van der Waals surface area contributed by atoms with E-state index in [9.17, 15) is 0 Å². The van der Waals surface area contributed by atoms with Gasteiger partial charge in [0, 0.05) is 33.9 Å². The number of fused-ring (bicyclic) bond motifs is 1. The number of hydrogen-bond acceptors (Lipinski definition) is 4. The van der Waals surface area contributed by atoms with Crippen LogP contribution in [0.4, 0.5) is 0 Å². The monoisotopic (exact) mass is 342 g/mol. The Kier molecular flexibility index (Phi) is 3.86. The van der Waals surface area contributed by atoms with Gasteiger partial charge in [-0.15, -0.1) is 22.7 Å². The molecule has 0 bridgehead atoms. The molecule has 0 saturated carbocycles. The van der Waals surface area contributed by atoms with E-state index >= 15 is 0 Å². The SMILES string of the molecule is NCC(c1sccc1Br)N1CCc2sccc2C1. The zero-order chi connectivity index (χ0) is 12.5. The molecule has 0 radical (unpaired) electrons. The maximum Gasteiger partial charge on any atom is 0.0578 e. The van der Waals surface area contributed by atoms with Crippen molar-refractivity contribution < 1.29 is 0 Å². The van der Waals surface area contributed by atoms with Crippen molar-refractivity contribution in [2.45, 2.75) is 19.0 Å². The lowest BCUT2D eigenvalue weighted by Crippen LogP contribution is -2.37. The molecule has 0 aliphatic carbocycles. The second-order valence-corrected chi connectivity index (χ2v) is 7.28. The van der Waals surface area contributed by atoms with Gasteiger partial charge in [0.2, 0.25) is 0 Å². The second kappa shape index (κ2) is 5.43. The fourth-order valence-electron chi connectivity index (χ4n) is 2.50. The van der Waals surface area contributed by atoms with Crippen molar-refractivity contribution in [3.05, 3.63) is 42.7 Å². The van der Waals surface area contributed by atoms with Gasteiger partial charge in [-0.2, -0.15) is 0 Å². The maximum absolute atomic E-state index is 6.01. The van der Waals surface area contributed by atoms with Gasteiger partial charge >= 0.3 is 0 Å². The van der Waals surface area contributed by atoms with Crippen molar-refractivity contribution in [3.8, 4) is 0 Å². The minimum absolute atomic E-state index is 0.340. The van der Waals surface area contributed by atoms with Crippen LogP contribution in [0.15, 0.2) is 27.4 Å². The topological polar surface area (TPSA) is 29.3 Å². The molecule has 3 rings (SSSR count). The van der Waals surface area contributed by atoms with Gasteiger partial charge < -0.3 is 5.73 Å². The Balaban J connectivity index is 1.84.